The van der Waals surface area contributed by atoms with Gasteiger partial charge in [-0.2, -0.15) is 10.0 Å². The van der Waals surface area contributed by atoms with Gasteiger partial charge in [-0.15, -0.1) is 0 Å². The molecule has 0 aliphatic carbocycles. The maximum Gasteiger partial charge on any atom is 0.141 e. The Balaban J connectivity index is 0.000000917. The Bertz CT molecular complexity index is 546. The number of hydrogen-bond donors (Lipinski definition) is 1. The number of hydrogen-bond acceptors (Lipinski definition) is 2. The van der Waals surface area contributed by atoms with Crippen molar-refractivity contribution in [1.29, 1.82) is 0 Å². The van der Waals surface area contributed by atoms with E-state index in [9.17, 15) is 0 Å². The first kappa shape index (κ1) is 13.6. The van der Waals surface area contributed by atoms with Gasteiger partial charge in [-0.3, -0.25) is 0 Å². The summed E-state index contributed by atoms with van der Waals surface area (Å²) in [6.07, 6.45) is 9.88. The molecule has 0 fully saturated rings. The van der Waals surface area contributed by atoms with E-state index in [0.29, 0.717) is 0 Å². The topological polar surface area (TPSA) is 41.6 Å². The first-order valence-corrected chi connectivity index (χ1v) is 8.41. The normalized spacial score (nSPS) is 11.1. The lowest BCUT2D eigenvalue weighted by Crippen LogP contribution is -1.89. The van der Waals surface area contributed by atoms with E-state index in [-0.39, 0.29) is 1.43 Å². The van der Waals surface area contributed by atoms with Gasteiger partial charge in [0.1, 0.15) is 17.7 Å². The molecule has 2 aromatic heterocycles. The third-order valence-electron chi connectivity index (χ3n) is 1.83. The zero-order valence-corrected chi connectivity index (χ0v) is 11.9. The number of fused-ring (bicyclic) bond motifs is 1. The summed E-state index contributed by atoms with van der Waals surface area (Å²) in [5, 5.41) is 4.24. The second kappa shape index (κ2) is 5.74. The highest BCUT2D eigenvalue weighted by atomic mass is 32.3. The molecule has 0 saturated carbocycles. The Morgan fingerprint density at radius 2 is 1.94 bits per heavy atom. The van der Waals surface area contributed by atoms with Crippen molar-refractivity contribution in [1.82, 2.24) is 15.0 Å². The van der Waals surface area contributed by atoms with Gasteiger partial charge in [-0.05, 0) is 36.0 Å². The number of aromatic nitrogens is 3. The molecule has 2 aromatic rings. The van der Waals surface area contributed by atoms with E-state index in [1.54, 1.807) is 6.33 Å². The summed E-state index contributed by atoms with van der Waals surface area (Å²) in [7, 11) is -0.806. The standard InChI is InChI=1S/C11H13N3S.C2H6.H2/c1-15(2,3)7-5-10-9-4-6-12-11(9)14-8-13-10;1-2;/h4,6,8H,1-3H3,(H,12,13,14);1-2H3;1H. The van der Waals surface area contributed by atoms with Gasteiger partial charge in [0, 0.05) is 7.62 Å². The molecule has 0 atom stereocenters. The van der Waals surface area contributed by atoms with Crippen molar-refractivity contribution < 1.29 is 1.43 Å². The summed E-state index contributed by atoms with van der Waals surface area (Å²) in [6.45, 7) is 4.00. The summed E-state index contributed by atoms with van der Waals surface area (Å²) < 4.78 is 0. The largest absolute Gasteiger partial charge is 0.346 e. The third-order valence-corrected chi connectivity index (χ3v) is 2.54. The maximum atomic E-state index is 4.19. The predicted octanol–water partition coefficient (Wildman–Crippen LogP) is 3.23. The zero-order chi connectivity index (χ0) is 12.9. The first-order valence-electron chi connectivity index (χ1n) is 5.55. The number of aromatic amines is 1. The molecular formula is C13H21N3S. The third kappa shape index (κ3) is 3.79. The van der Waals surface area contributed by atoms with Gasteiger partial charge in [-0.1, -0.05) is 13.8 Å². The fourth-order valence-corrected chi connectivity index (χ4v) is 1.58. The van der Waals surface area contributed by atoms with E-state index in [0.717, 1.165) is 16.7 Å². The molecule has 0 aliphatic rings. The van der Waals surface area contributed by atoms with Gasteiger partial charge < -0.3 is 4.98 Å². The molecule has 2 heterocycles. The lowest BCUT2D eigenvalue weighted by atomic mass is 10.3. The number of rotatable bonds is 0. The molecule has 4 heteroatoms. The van der Waals surface area contributed by atoms with Crippen LogP contribution in [0.5, 0.6) is 0 Å². The van der Waals surface area contributed by atoms with Gasteiger partial charge in [-0.25, -0.2) is 9.97 Å². The van der Waals surface area contributed by atoms with Crippen LogP contribution in [0.3, 0.4) is 0 Å². The second-order valence-corrected chi connectivity index (χ2v) is 7.90. The van der Waals surface area contributed by atoms with Crippen LogP contribution in [0.1, 0.15) is 21.0 Å². The quantitative estimate of drug-likeness (QED) is 0.730. The lowest BCUT2D eigenvalue weighted by Gasteiger charge is -2.14. The molecule has 1 N–H and O–H groups in total. The fourth-order valence-electron chi connectivity index (χ4n) is 1.17. The Hall–Kier alpha value is -1.47. The molecule has 0 unspecified atom stereocenters. The van der Waals surface area contributed by atoms with E-state index in [2.05, 4.69) is 44.9 Å². The maximum absolute atomic E-state index is 4.19. The molecule has 0 saturated heterocycles. The molecule has 3 nitrogen and oxygen atoms in total. The number of H-pyrrole nitrogens is 1. The molecule has 0 aliphatic heterocycles. The molecule has 17 heavy (non-hydrogen) atoms. The van der Waals surface area contributed by atoms with Crippen LogP contribution < -0.4 is 0 Å². The summed E-state index contributed by atoms with van der Waals surface area (Å²) in [4.78, 5) is 11.4. The van der Waals surface area contributed by atoms with Crippen LogP contribution in [0.15, 0.2) is 18.6 Å². The fraction of sp³-hybridized carbons (Fsp3) is 0.385. The zero-order valence-electron chi connectivity index (χ0n) is 11.0. The van der Waals surface area contributed by atoms with Crippen molar-refractivity contribution in [2.75, 3.05) is 18.8 Å². The highest BCUT2D eigenvalue weighted by Crippen LogP contribution is 2.32. The highest BCUT2D eigenvalue weighted by molar-refractivity contribution is 8.35. The average Bonchev–Trinajstić information content (AvgIpc) is 2.76. The summed E-state index contributed by atoms with van der Waals surface area (Å²) >= 11 is 0. The van der Waals surface area contributed by atoms with Crippen molar-refractivity contribution in [2.24, 2.45) is 0 Å². The van der Waals surface area contributed by atoms with Gasteiger partial charge in [0.05, 0.1) is 5.39 Å². The van der Waals surface area contributed by atoms with Crippen LogP contribution in [0.25, 0.3) is 11.0 Å². The Kier molecular flexibility index (Phi) is 4.59. The minimum atomic E-state index is -0.806. The number of nitrogens with one attached hydrogen (secondary N) is 1. The summed E-state index contributed by atoms with van der Waals surface area (Å²) in [6, 6.07) is 1.96. The monoisotopic (exact) mass is 251 g/mol. The number of nitrogens with zero attached hydrogens (tertiary/aromatic N) is 2. The Labute approximate surface area is 106 Å². The van der Waals surface area contributed by atoms with E-state index >= 15 is 0 Å². The van der Waals surface area contributed by atoms with Crippen LogP contribution >= 0.6 is 10.0 Å². The molecular weight excluding hydrogens is 230 g/mol. The van der Waals surface area contributed by atoms with E-state index in [1.807, 2.05) is 26.1 Å². The molecule has 0 bridgehead atoms. The van der Waals surface area contributed by atoms with E-state index < -0.39 is 10.0 Å². The highest BCUT2D eigenvalue weighted by Gasteiger charge is 2.02. The van der Waals surface area contributed by atoms with E-state index in [4.69, 9.17) is 0 Å². The van der Waals surface area contributed by atoms with Crippen molar-refractivity contribution in [3.8, 4) is 11.2 Å². The lowest BCUT2D eigenvalue weighted by molar-refractivity contribution is 1.18. The van der Waals surface area contributed by atoms with E-state index in [1.165, 1.54) is 0 Å². The van der Waals surface area contributed by atoms with Gasteiger partial charge in [0.15, 0.2) is 0 Å². The summed E-state index contributed by atoms with van der Waals surface area (Å²) in [5.41, 5.74) is 1.65. The smallest absolute Gasteiger partial charge is 0.141 e. The van der Waals surface area contributed by atoms with Crippen LogP contribution in [0.2, 0.25) is 0 Å². The van der Waals surface area contributed by atoms with Crippen LogP contribution in [0.4, 0.5) is 0 Å². The van der Waals surface area contributed by atoms with Gasteiger partial charge in [0.2, 0.25) is 0 Å². The van der Waals surface area contributed by atoms with Crippen LogP contribution in [0, 0.1) is 11.2 Å². The predicted molar refractivity (Wildman–Crippen MR) is 79.6 cm³/mol. The van der Waals surface area contributed by atoms with Gasteiger partial charge >= 0.3 is 0 Å². The van der Waals surface area contributed by atoms with Crippen molar-refractivity contribution in [3.63, 3.8) is 0 Å². The molecule has 0 aromatic carbocycles. The minimum Gasteiger partial charge on any atom is -0.346 e. The second-order valence-electron chi connectivity index (χ2n) is 4.03. The minimum absolute atomic E-state index is 0. The van der Waals surface area contributed by atoms with Crippen molar-refractivity contribution in [3.05, 3.63) is 24.3 Å². The van der Waals surface area contributed by atoms with Crippen molar-refractivity contribution >= 4 is 21.1 Å². The molecule has 0 amide bonds. The first-order chi connectivity index (χ1) is 8.06. The average molecular weight is 251 g/mol. The summed E-state index contributed by atoms with van der Waals surface area (Å²) in [5.74, 6) is 3.13. The SMILES string of the molecule is CC.CS(C)(C)C#Cc1ncnc2[nH]ccc12.[HH]. The van der Waals surface area contributed by atoms with Crippen molar-refractivity contribution in [2.45, 2.75) is 13.8 Å². The Morgan fingerprint density at radius 3 is 2.59 bits per heavy atom. The molecule has 0 radical (unpaired) electrons. The molecule has 0 spiro atoms. The van der Waals surface area contributed by atoms with Gasteiger partial charge in [0.25, 0.3) is 0 Å². The Morgan fingerprint density at radius 1 is 1.24 bits per heavy atom. The van der Waals surface area contributed by atoms with Crippen LogP contribution in [-0.2, 0) is 0 Å². The molecule has 2 rings (SSSR count). The van der Waals surface area contributed by atoms with Crippen LogP contribution in [-0.4, -0.2) is 33.7 Å². The molecule has 94 valence electrons.